The average Bonchev–Trinajstić information content (AvgIpc) is 2.59. The van der Waals surface area contributed by atoms with Crippen LogP contribution in [0.5, 0.6) is 0 Å². The summed E-state index contributed by atoms with van der Waals surface area (Å²) in [6, 6.07) is 8.44. The molecular formula is C15H15NO3S. The highest BCUT2D eigenvalue weighted by Crippen LogP contribution is 2.44. The predicted octanol–water partition coefficient (Wildman–Crippen LogP) is 3.47. The van der Waals surface area contributed by atoms with E-state index in [1.165, 1.54) is 12.1 Å². The van der Waals surface area contributed by atoms with E-state index in [4.69, 9.17) is 4.55 Å². The van der Waals surface area contributed by atoms with Crippen LogP contribution in [0.15, 0.2) is 40.2 Å². The van der Waals surface area contributed by atoms with Crippen LogP contribution in [0.1, 0.15) is 26.3 Å². The Morgan fingerprint density at radius 2 is 1.85 bits per heavy atom. The van der Waals surface area contributed by atoms with Crippen molar-refractivity contribution in [2.75, 3.05) is 0 Å². The lowest BCUT2D eigenvalue weighted by Crippen LogP contribution is -2.22. The Hall–Kier alpha value is -1.72. The standard InChI is InChI=1S/C15H15NO3S/c1-9-15(2,3)13-7-4-10-8-11(20(17,18)19)5-6-12(10)14(13)16-9/h4-8H,1-3H3,(H,17,18,19). The lowest BCUT2D eigenvalue weighted by molar-refractivity contribution is 0.483. The number of benzene rings is 2. The first-order valence-corrected chi connectivity index (χ1v) is 7.76. The van der Waals surface area contributed by atoms with Crippen LogP contribution in [0.2, 0.25) is 0 Å². The number of rotatable bonds is 1. The van der Waals surface area contributed by atoms with Gasteiger partial charge < -0.3 is 0 Å². The second-order valence-corrected chi connectivity index (χ2v) is 7.06. The molecule has 0 spiro atoms. The molecule has 0 radical (unpaired) electrons. The minimum absolute atomic E-state index is 0.0945. The van der Waals surface area contributed by atoms with Crippen molar-refractivity contribution in [2.45, 2.75) is 31.1 Å². The summed E-state index contributed by atoms with van der Waals surface area (Å²) in [5.74, 6) is 0. The Morgan fingerprint density at radius 3 is 2.50 bits per heavy atom. The van der Waals surface area contributed by atoms with Gasteiger partial charge in [0.1, 0.15) is 0 Å². The van der Waals surface area contributed by atoms with E-state index in [1.807, 2.05) is 19.1 Å². The highest BCUT2D eigenvalue weighted by atomic mass is 32.2. The topological polar surface area (TPSA) is 66.7 Å². The molecule has 1 aliphatic rings. The zero-order valence-corrected chi connectivity index (χ0v) is 12.3. The van der Waals surface area contributed by atoms with Crippen LogP contribution in [-0.4, -0.2) is 18.7 Å². The highest BCUT2D eigenvalue weighted by Gasteiger charge is 2.33. The van der Waals surface area contributed by atoms with Gasteiger partial charge in [-0.1, -0.05) is 32.0 Å². The summed E-state index contributed by atoms with van der Waals surface area (Å²) < 4.78 is 31.5. The molecule has 3 rings (SSSR count). The van der Waals surface area contributed by atoms with Gasteiger partial charge in [-0.25, -0.2) is 0 Å². The lowest BCUT2D eigenvalue weighted by Gasteiger charge is -2.20. The van der Waals surface area contributed by atoms with Crippen LogP contribution in [0.4, 0.5) is 5.69 Å². The molecule has 104 valence electrons. The molecule has 2 aromatic rings. The van der Waals surface area contributed by atoms with E-state index in [-0.39, 0.29) is 10.3 Å². The monoisotopic (exact) mass is 289 g/mol. The Balaban J connectivity index is 2.33. The number of nitrogens with zero attached hydrogens (tertiary/aromatic N) is 1. The molecule has 0 bridgehead atoms. The first-order valence-electron chi connectivity index (χ1n) is 6.32. The van der Waals surface area contributed by atoms with Gasteiger partial charge in [-0.05, 0) is 30.0 Å². The van der Waals surface area contributed by atoms with E-state index in [1.54, 1.807) is 6.07 Å². The first kappa shape index (κ1) is 13.3. The van der Waals surface area contributed by atoms with Crippen molar-refractivity contribution in [2.24, 2.45) is 4.99 Å². The van der Waals surface area contributed by atoms with Gasteiger partial charge in [-0.2, -0.15) is 8.42 Å². The molecule has 0 amide bonds. The highest BCUT2D eigenvalue weighted by molar-refractivity contribution is 7.85. The van der Waals surface area contributed by atoms with Crippen LogP contribution in [0.25, 0.3) is 10.8 Å². The maximum Gasteiger partial charge on any atom is 0.294 e. The van der Waals surface area contributed by atoms with Crippen molar-refractivity contribution >= 4 is 32.3 Å². The molecular weight excluding hydrogens is 274 g/mol. The molecule has 20 heavy (non-hydrogen) atoms. The van der Waals surface area contributed by atoms with Gasteiger partial charge in [0.25, 0.3) is 10.1 Å². The van der Waals surface area contributed by atoms with Crippen LogP contribution in [0.3, 0.4) is 0 Å². The third-order valence-electron chi connectivity index (χ3n) is 4.12. The van der Waals surface area contributed by atoms with E-state index in [9.17, 15) is 8.42 Å². The molecule has 0 saturated heterocycles. The van der Waals surface area contributed by atoms with Gasteiger partial charge in [-0.15, -0.1) is 0 Å². The summed E-state index contributed by atoms with van der Waals surface area (Å²) in [6.07, 6.45) is 0. The van der Waals surface area contributed by atoms with Crippen molar-refractivity contribution in [3.05, 3.63) is 35.9 Å². The zero-order valence-electron chi connectivity index (χ0n) is 11.5. The normalized spacial score (nSPS) is 17.1. The maximum atomic E-state index is 11.2. The molecule has 0 aliphatic carbocycles. The summed E-state index contributed by atoms with van der Waals surface area (Å²) in [4.78, 5) is 4.54. The van der Waals surface area contributed by atoms with E-state index in [0.717, 1.165) is 27.7 Å². The van der Waals surface area contributed by atoms with E-state index in [0.29, 0.717) is 0 Å². The van der Waals surface area contributed by atoms with E-state index < -0.39 is 10.1 Å². The molecule has 4 nitrogen and oxygen atoms in total. The van der Waals surface area contributed by atoms with E-state index >= 15 is 0 Å². The minimum atomic E-state index is -4.18. The Labute approximate surface area is 117 Å². The summed E-state index contributed by atoms with van der Waals surface area (Å²) >= 11 is 0. The molecule has 1 aliphatic heterocycles. The zero-order chi connectivity index (χ0) is 14.7. The van der Waals surface area contributed by atoms with Gasteiger partial charge in [0.15, 0.2) is 0 Å². The summed E-state index contributed by atoms with van der Waals surface area (Å²) in [7, 11) is -4.18. The van der Waals surface area contributed by atoms with Crippen LogP contribution in [0, 0.1) is 0 Å². The Morgan fingerprint density at radius 1 is 1.15 bits per heavy atom. The Bertz CT molecular complexity index is 864. The second-order valence-electron chi connectivity index (χ2n) is 5.64. The maximum absolute atomic E-state index is 11.2. The van der Waals surface area contributed by atoms with Crippen LogP contribution in [-0.2, 0) is 15.5 Å². The molecule has 0 fully saturated rings. The van der Waals surface area contributed by atoms with Crippen molar-refractivity contribution in [3.63, 3.8) is 0 Å². The van der Waals surface area contributed by atoms with Crippen LogP contribution >= 0.6 is 0 Å². The fraction of sp³-hybridized carbons (Fsp3) is 0.267. The number of hydrogen-bond acceptors (Lipinski definition) is 3. The number of hydrogen-bond donors (Lipinski definition) is 1. The van der Waals surface area contributed by atoms with Crippen molar-refractivity contribution in [1.82, 2.24) is 0 Å². The largest absolute Gasteiger partial charge is 0.294 e. The van der Waals surface area contributed by atoms with Crippen LogP contribution < -0.4 is 0 Å². The lowest BCUT2D eigenvalue weighted by atomic mass is 9.81. The molecule has 0 unspecified atom stereocenters. The van der Waals surface area contributed by atoms with E-state index in [2.05, 4.69) is 18.8 Å². The average molecular weight is 289 g/mol. The van der Waals surface area contributed by atoms with Gasteiger partial charge in [0, 0.05) is 16.5 Å². The smallest absolute Gasteiger partial charge is 0.282 e. The third kappa shape index (κ3) is 1.77. The number of aliphatic imine (C=N–C) groups is 1. The fourth-order valence-corrected chi connectivity index (χ4v) is 3.09. The van der Waals surface area contributed by atoms with Gasteiger partial charge >= 0.3 is 0 Å². The molecule has 0 saturated carbocycles. The first-order chi connectivity index (χ1) is 9.21. The van der Waals surface area contributed by atoms with Crippen molar-refractivity contribution in [1.29, 1.82) is 0 Å². The molecule has 0 aromatic heterocycles. The van der Waals surface area contributed by atoms with Gasteiger partial charge in [0.05, 0.1) is 10.6 Å². The van der Waals surface area contributed by atoms with Gasteiger partial charge in [0.2, 0.25) is 0 Å². The number of fused-ring (bicyclic) bond motifs is 3. The third-order valence-corrected chi connectivity index (χ3v) is 4.97. The second kappa shape index (κ2) is 3.90. The minimum Gasteiger partial charge on any atom is -0.282 e. The Kier molecular flexibility index (Phi) is 2.59. The quantitative estimate of drug-likeness (QED) is 0.817. The van der Waals surface area contributed by atoms with Crippen molar-refractivity contribution in [3.8, 4) is 0 Å². The molecule has 5 heteroatoms. The van der Waals surface area contributed by atoms with Crippen molar-refractivity contribution < 1.29 is 13.0 Å². The summed E-state index contributed by atoms with van der Waals surface area (Å²) in [5, 5.41) is 1.66. The molecule has 2 aromatic carbocycles. The van der Waals surface area contributed by atoms with Gasteiger partial charge in [-0.3, -0.25) is 9.55 Å². The predicted molar refractivity (Wildman–Crippen MR) is 79.6 cm³/mol. The molecule has 0 atom stereocenters. The fourth-order valence-electron chi connectivity index (χ4n) is 2.58. The summed E-state index contributed by atoms with van der Waals surface area (Å²) in [6.45, 7) is 6.24. The summed E-state index contributed by atoms with van der Waals surface area (Å²) in [5.41, 5.74) is 2.97. The molecule has 1 N–H and O–H groups in total. The SMILES string of the molecule is CC1=Nc2c(ccc3cc(S(=O)(=O)O)ccc23)C1(C)C. The molecule has 1 heterocycles.